The normalized spacial score (nSPS) is 15.1. The number of hydrogen-bond donors (Lipinski definition) is 2. The van der Waals surface area contributed by atoms with Crippen molar-refractivity contribution in [2.75, 3.05) is 12.8 Å². The molecular formula is C11H24N2OS. The first kappa shape index (κ1) is 14.8. The quantitative estimate of drug-likeness (QED) is 0.701. The molecule has 0 aliphatic carbocycles. The maximum atomic E-state index is 11.5. The molecule has 15 heavy (non-hydrogen) atoms. The maximum absolute atomic E-state index is 11.5. The zero-order valence-corrected chi connectivity index (χ0v) is 11.1. The molecule has 0 saturated carbocycles. The van der Waals surface area contributed by atoms with Gasteiger partial charge in [0.25, 0.3) is 0 Å². The van der Waals surface area contributed by atoms with Gasteiger partial charge in [0.05, 0.1) is 6.04 Å². The van der Waals surface area contributed by atoms with E-state index in [1.807, 2.05) is 11.8 Å². The molecule has 1 unspecified atom stereocenters. The lowest BCUT2D eigenvalue weighted by Gasteiger charge is -2.15. The second-order valence-electron chi connectivity index (χ2n) is 4.36. The lowest BCUT2D eigenvalue weighted by atomic mass is 10.0. The Labute approximate surface area is 97.6 Å². The number of rotatable bonds is 7. The van der Waals surface area contributed by atoms with Crippen molar-refractivity contribution >= 4 is 17.7 Å². The highest BCUT2D eigenvalue weighted by atomic mass is 32.2. The maximum Gasteiger partial charge on any atom is 0.236 e. The van der Waals surface area contributed by atoms with E-state index >= 15 is 0 Å². The predicted octanol–water partition coefficient (Wildman–Crippen LogP) is 1.62. The smallest absolute Gasteiger partial charge is 0.236 e. The van der Waals surface area contributed by atoms with Crippen molar-refractivity contribution in [2.24, 2.45) is 11.7 Å². The Bertz CT molecular complexity index is 185. The molecule has 3 nitrogen and oxygen atoms in total. The lowest BCUT2D eigenvalue weighted by molar-refractivity contribution is -0.122. The van der Waals surface area contributed by atoms with E-state index in [2.05, 4.69) is 32.3 Å². The molecule has 0 fully saturated rings. The Hall–Kier alpha value is -0.220. The van der Waals surface area contributed by atoms with Gasteiger partial charge in [0.1, 0.15) is 0 Å². The van der Waals surface area contributed by atoms with Crippen molar-refractivity contribution in [3.05, 3.63) is 0 Å². The van der Waals surface area contributed by atoms with Crippen LogP contribution in [-0.4, -0.2) is 30.0 Å². The van der Waals surface area contributed by atoms with E-state index in [4.69, 9.17) is 5.73 Å². The minimum Gasteiger partial charge on any atom is -0.355 e. The summed E-state index contributed by atoms with van der Waals surface area (Å²) < 4.78 is 0. The van der Waals surface area contributed by atoms with Crippen molar-refractivity contribution in [1.82, 2.24) is 5.32 Å². The number of carbonyl (C=O) groups excluding carboxylic acids is 1. The van der Waals surface area contributed by atoms with Crippen LogP contribution < -0.4 is 11.1 Å². The Morgan fingerprint density at radius 3 is 2.47 bits per heavy atom. The van der Waals surface area contributed by atoms with Gasteiger partial charge in [-0.25, -0.2) is 0 Å². The molecule has 0 heterocycles. The summed E-state index contributed by atoms with van der Waals surface area (Å²) in [5, 5.41) is 3.47. The molecule has 3 N–H and O–H groups in total. The summed E-state index contributed by atoms with van der Waals surface area (Å²) in [6.45, 7) is 7.03. The molecule has 0 radical (unpaired) electrons. The van der Waals surface area contributed by atoms with Crippen molar-refractivity contribution in [1.29, 1.82) is 0 Å². The van der Waals surface area contributed by atoms with Crippen molar-refractivity contribution < 1.29 is 4.79 Å². The summed E-state index contributed by atoms with van der Waals surface area (Å²) >= 11 is 1.81. The largest absolute Gasteiger partial charge is 0.355 e. The summed E-state index contributed by atoms with van der Waals surface area (Å²) in [7, 11) is 0. The Balaban J connectivity index is 3.64. The number of nitrogens with two attached hydrogens (primary N) is 1. The van der Waals surface area contributed by atoms with Crippen LogP contribution in [0.3, 0.4) is 0 Å². The second-order valence-corrected chi connectivity index (χ2v) is 5.64. The van der Waals surface area contributed by atoms with Crippen LogP contribution >= 0.6 is 11.8 Å². The molecular weight excluding hydrogens is 208 g/mol. The minimum absolute atomic E-state index is 0.0167. The number of amides is 1. The van der Waals surface area contributed by atoms with Gasteiger partial charge in [-0.15, -0.1) is 0 Å². The van der Waals surface area contributed by atoms with E-state index in [0.717, 1.165) is 19.4 Å². The van der Waals surface area contributed by atoms with E-state index in [9.17, 15) is 4.79 Å². The first-order valence-electron chi connectivity index (χ1n) is 5.53. The van der Waals surface area contributed by atoms with Gasteiger partial charge in [-0.05, 0) is 25.0 Å². The highest BCUT2D eigenvalue weighted by Gasteiger charge is 2.14. The van der Waals surface area contributed by atoms with Crippen LogP contribution in [0.5, 0.6) is 0 Å². The molecule has 2 atom stereocenters. The van der Waals surface area contributed by atoms with Gasteiger partial charge < -0.3 is 11.1 Å². The Morgan fingerprint density at radius 2 is 2.00 bits per heavy atom. The first-order valence-corrected chi connectivity index (χ1v) is 6.82. The fourth-order valence-electron chi connectivity index (χ4n) is 1.26. The van der Waals surface area contributed by atoms with Crippen LogP contribution in [0.1, 0.15) is 33.6 Å². The number of thioether (sulfide) groups is 1. The molecule has 4 heteroatoms. The SMILES string of the molecule is CSC(C)CCNC(=O)[C@@H](N)CC(C)C. The molecule has 0 saturated heterocycles. The third-order valence-corrected chi connectivity index (χ3v) is 3.36. The molecule has 0 aromatic rings. The third-order valence-electron chi connectivity index (χ3n) is 2.31. The molecule has 0 rings (SSSR count). The summed E-state index contributed by atoms with van der Waals surface area (Å²) in [5.41, 5.74) is 5.75. The molecule has 0 aromatic heterocycles. The summed E-state index contributed by atoms with van der Waals surface area (Å²) in [5.74, 6) is 0.452. The molecule has 1 amide bonds. The Kier molecular flexibility index (Phi) is 7.88. The number of hydrogen-bond acceptors (Lipinski definition) is 3. The molecule has 0 spiro atoms. The van der Waals surface area contributed by atoms with Gasteiger partial charge >= 0.3 is 0 Å². The molecule has 0 aliphatic heterocycles. The fraction of sp³-hybridized carbons (Fsp3) is 0.909. The number of carbonyl (C=O) groups is 1. The van der Waals surface area contributed by atoms with Crippen LogP contribution in [0.4, 0.5) is 0 Å². The van der Waals surface area contributed by atoms with Gasteiger partial charge in [0, 0.05) is 11.8 Å². The van der Waals surface area contributed by atoms with Gasteiger partial charge in [0.2, 0.25) is 5.91 Å². The van der Waals surface area contributed by atoms with Gasteiger partial charge in [-0.1, -0.05) is 20.8 Å². The van der Waals surface area contributed by atoms with Crippen LogP contribution in [0.25, 0.3) is 0 Å². The summed E-state index contributed by atoms with van der Waals surface area (Å²) in [4.78, 5) is 11.5. The van der Waals surface area contributed by atoms with E-state index in [0.29, 0.717) is 11.2 Å². The van der Waals surface area contributed by atoms with E-state index in [-0.39, 0.29) is 11.9 Å². The topological polar surface area (TPSA) is 55.1 Å². The number of nitrogens with one attached hydrogen (secondary N) is 1. The van der Waals surface area contributed by atoms with Crippen LogP contribution in [0, 0.1) is 5.92 Å². The van der Waals surface area contributed by atoms with E-state index < -0.39 is 0 Å². The first-order chi connectivity index (χ1) is 6.97. The molecule has 0 bridgehead atoms. The monoisotopic (exact) mass is 232 g/mol. The van der Waals surface area contributed by atoms with Crippen LogP contribution in [0.2, 0.25) is 0 Å². The second kappa shape index (κ2) is 7.99. The van der Waals surface area contributed by atoms with Gasteiger partial charge in [0.15, 0.2) is 0 Å². The zero-order valence-electron chi connectivity index (χ0n) is 10.2. The minimum atomic E-state index is -0.352. The predicted molar refractivity (Wildman–Crippen MR) is 68.0 cm³/mol. The van der Waals surface area contributed by atoms with Crippen LogP contribution in [-0.2, 0) is 4.79 Å². The highest BCUT2D eigenvalue weighted by molar-refractivity contribution is 7.99. The van der Waals surface area contributed by atoms with Crippen molar-refractivity contribution in [3.8, 4) is 0 Å². The van der Waals surface area contributed by atoms with Gasteiger partial charge in [-0.2, -0.15) is 11.8 Å². The lowest BCUT2D eigenvalue weighted by Crippen LogP contribution is -2.42. The van der Waals surface area contributed by atoms with Crippen molar-refractivity contribution in [3.63, 3.8) is 0 Å². The average Bonchev–Trinajstić information content (AvgIpc) is 2.16. The van der Waals surface area contributed by atoms with E-state index in [1.165, 1.54) is 0 Å². The highest BCUT2D eigenvalue weighted by Crippen LogP contribution is 2.08. The van der Waals surface area contributed by atoms with E-state index in [1.54, 1.807) is 0 Å². The van der Waals surface area contributed by atoms with Gasteiger partial charge in [-0.3, -0.25) is 4.79 Å². The van der Waals surface area contributed by atoms with Crippen molar-refractivity contribution in [2.45, 2.75) is 44.9 Å². The molecule has 0 aliphatic rings. The average molecular weight is 232 g/mol. The van der Waals surface area contributed by atoms with Crippen LogP contribution in [0.15, 0.2) is 0 Å². The standard InChI is InChI=1S/C11H24N2OS/c1-8(2)7-10(12)11(14)13-6-5-9(3)15-4/h8-10H,5-7,12H2,1-4H3,(H,13,14)/t9?,10-/m0/s1. The Morgan fingerprint density at radius 1 is 1.40 bits per heavy atom. The third kappa shape index (κ3) is 7.68. The molecule has 0 aromatic carbocycles. The fourth-order valence-corrected chi connectivity index (χ4v) is 1.62. The summed E-state index contributed by atoms with van der Waals surface area (Å²) in [6, 6.07) is -0.352. The summed E-state index contributed by atoms with van der Waals surface area (Å²) in [6.07, 6.45) is 3.84. The molecule has 90 valence electrons. The zero-order chi connectivity index (χ0) is 11.8.